The van der Waals surface area contributed by atoms with Gasteiger partial charge in [-0.05, 0) is 0 Å². The third-order valence-corrected chi connectivity index (χ3v) is 0.500. The standard InChI is InChI=1S/C4H10.2Mn.4O/c1-3-4-2;;;;;;/h3-4H2,1-2H3;;;;;;. The molecule has 0 saturated carbocycles. The molecule has 0 aromatic rings. The number of hydrogen-bond acceptors (Lipinski definition) is 4. The number of rotatable bonds is 1. The fraction of sp³-hybridized carbons (Fsp3) is 1.00. The molecule has 0 atom stereocenters. The molecule has 0 heterocycles. The van der Waals surface area contributed by atoms with E-state index in [4.69, 9.17) is 15.3 Å². The van der Waals surface area contributed by atoms with E-state index in [1.807, 2.05) is 0 Å². The van der Waals surface area contributed by atoms with Crippen molar-refractivity contribution in [1.82, 2.24) is 0 Å². The average molecular weight is 232 g/mol. The van der Waals surface area contributed by atoms with Gasteiger partial charge in [0.2, 0.25) is 0 Å². The van der Waals surface area contributed by atoms with Crippen LogP contribution in [0.5, 0.6) is 0 Å². The van der Waals surface area contributed by atoms with Gasteiger partial charge in [0, 0.05) is 0 Å². The van der Waals surface area contributed by atoms with E-state index < -0.39 is 29.6 Å². The predicted octanol–water partition coefficient (Wildman–Crippen LogP) is 1.33. The fourth-order valence-electron chi connectivity index (χ4n) is 0. The van der Waals surface area contributed by atoms with Crippen molar-refractivity contribution in [3.63, 3.8) is 0 Å². The summed E-state index contributed by atoms with van der Waals surface area (Å²) in [6.07, 6.45) is 2.64. The molecule has 0 N–H and O–H groups in total. The molecule has 0 aliphatic heterocycles. The van der Waals surface area contributed by atoms with Crippen LogP contribution in [0.2, 0.25) is 0 Å². The van der Waals surface area contributed by atoms with Gasteiger partial charge in [-0.1, -0.05) is 26.7 Å². The summed E-state index contributed by atoms with van der Waals surface area (Å²) in [5.41, 5.74) is 0. The van der Waals surface area contributed by atoms with E-state index in [1.54, 1.807) is 0 Å². The van der Waals surface area contributed by atoms with Crippen molar-refractivity contribution in [3.05, 3.63) is 0 Å². The molecule has 0 spiro atoms. The van der Waals surface area contributed by atoms with Gasteiger partial charge in [0.1, 0.15) is 0 Å². The zero-order valence-electron chi connectivity index (χ0n) is 5.80. The summed E-state index contributed by atoms with van der Waals surface area (Å²) in [7, 11) is 0. The Morgan fingerprint density at radius 3 is 0.900 bits per heavy atom. The van der Waals surface area contributed by atoms with Crippen LogP contribution in [-0.2, 0) is 45.0 Å². The Kier molecular flexibility index (Phi) is 58.2. The second-order valence-electron chi connectivity index (χ2n) is 1.13. The molecular weight excluding hydrogens is 222 g/mol. The van der Waals surface area contributed by atoms with Crippen LogP contribution in [0.3, 0.4) is 0 Å². The Hall–Kier alpha value is 0.239. The molecule has 10 heavy (non-hydrogen) atoms. The molecule has 0 saturated heterocycles. The second kappa shape index (κ2) is 34.9. The quantitative estimate of drug-likeness (QED) is 0.639. The summed E-state index contributed by atoms with van der Waals surface area (Å²) < 4.78 is 33.6. The van der Waals surface area contributed by atoms with E-state index in [0.29, 0.717) is 0 Å². The SMILES string of the molecule is CCCC.[O]=[Mn]=[O].[O]=[Mn]=[O]. The zero-order chi connectivity index (χ0) is 8.83. The summed E-state index contributed by atoms with van der Waals surface area (Å²) in [6.45, 7) is 4.36. The normalized spacial score (nSPS) is 5.40. The van der Waals surface area contributed by atoms with Crippen LogP contribution in [0.15, 0.2) is 0 Å². The van der Waals surface area contributed by atoms with E-state index in [0.717, 1.165) is 0 Å². The van der Waals surface area contributed by atoms with Crippen molar-refractivity contribution in [2.75, 3.05) is 0 Å². The van der Waals surface area contributed by atoms with Gasteiger partial charge in [-0.25, -0.2) is 0 Å². The van der Waals surface area contributed by atoms with E-state index >= 15 is 0 Å². The number of hydrogen-bond donors (Lipinski definition) is 0. The molecule has 0 aromatic carbocycles. The summed E-state index contributed by atoms with van der Waals surface area (Å²) >= 11 is -2.88. The third kappa shape index (κ3) is 281. The molecule has 0 unspecified atom stereocenters. The van der Waals surface area contributed by atoms with Crippen LogP contribution < -0.4 is 0 Å². The molecule has 0 aliphatic rings. The Labute approximate surface area is 71.9 Å². The van der Waals surface area contributed by atoms with Crippen LogP contribution in [0.25, 0.3) is 0 Å². The molecule has 0 fully saturated rings. The Balaban J connectivity index is -0.0000000750. The Morgan fingerprint density at radius 1 is 0.800 bits per heavy atom. The summed E-state index contributed by atoms with van der Waals surface area (Å²) in [4.78, 5) is 0. The summed E-state index contributed by atoms with van der Waals surface area (Å²) in [5.74, 6) is 0. The van der Waals surface area contributed by atoms with Gasteiger partial charge < -0.3 is 0 Å². The first-order valence-corrected chi connectivity index (χ1v) is 4.46. The average Bonchev–Trinajstić information content (AvgIpc) is 1.91. The maximum atomic E-state index is 8.41. The van der Waals surface area contributed by atoms with E-state index in [-0.39, 0.29) is 0 Å². The first kappa shape index (κ1) is 16.7. The Bertz CT molecular complexity index is 87.8. The Morgan fingerprint density at radius 2 is 0.900 bits per heavy atom. The van der Waals surface area contributed by atoms with Gasteiger partial charge in [0.05, 0.1) is 0 Å². The predicted molar refractivity (Wildman–Crippen MR) is 23.3 cm³/mol. The van der Waals surface area contributed by atoms with E-state index in [2.05, 4.69) is 13.8 Å². The van der Waals surface area contributed by atoms with Gasteiger partial charge in [0.25, 0.3) is 0 Å². The van der Waals surface area contributed by atoms with Gasteiger partial charge in [-0.15, -0.1) is 0 Å². The topological polar surface area (TPSA) is 68.3 Å². The third-order valence-electron chi connectivity index (χ3n) is 0.500. The molecule has 0 radical (unpaired) electrons. The first-order valence-electron chi connectivity index (χ1n) is 2.53. The van der Waals surface area contributed by atoms with Crippen molar-refractivity contribution in [3.8, 4) is 0 Å². The van der Waals surface area contributed by atoms with Crippen LogP contribution in [-0.4, -0.2) is 0 Å². The first-order chi connectivity index (χ1) is 4.74. The summed E-state index contributed by atoms with van der Waals surface area (Å²) in [5, 5.41) is 0. The van der Waals surface area contributed by atoms with Gasteiger partial charge >= 0.3 is 45.0 Å². The molecule has 4 nitrogen and oxygen atoms in total. The second-order valence-corrected chi connectivity index (χ2v) is 1.52. The number of unbranched alkanes of at least 4 members (excludes halogenated alkanes) is 1. The van der Waals surface area contributed by atoms with E-state index in [9.17, 15) is 0 Å². The fourth-order valence-corrected chi connectivity index (χ4v) is 0. The monoisotopic (exact) mass is 232 g/mol. The molecule has 0 amide bonds. The zero-order valence-corrected chi connectivity index (χ0v) is 8.16. The van der Waals surface area contributed by atoms with Crippen molar-refractivity contribution < 1.29 is 45.0 Å². The molecular formula is C4H10Mn2O4. The minimum absolute atomic E-state index is 1.32. The molecule has 6 heteroatoms. The van der Waals surface area contributed by atoms with Crippen LogP contribution in [0.1, 0.15) is 26.7 Å². The van der Waals surface area contributed by atoms with Crippen molar-refractivity contribution in [1.29, 1.82) is 0 Å². The van der Waals surface area contributed by atoms with Gasteiger partial charge in [-0.3, -0.25) is 0 Å². The van der Waals surface area contributed by atoms with Crippen molar-refractivity contribution in [2.45, 2.75) is 26.7 Å². The van der Waals surface area contributed by atoms with Crippen LogP contribution in [0, 0.1) is 0 Å². The molecule has 0 rings (SSSR count). The molecule has 0 bridgehead atoms. The molecule has 0 aromatic heterocycles. The minimum atomic E-state index is -1.44. The van der Waals surface area contributed by atoms with Gasteiger partial charge in [-0.2, -0.15) is 0 Å². The molecule has 0 aliphatic carbocycles. The van der Waals surface area contributed by atoms with Crippen LogP contribution in [0.4, 0.5) is 0 Å². The molecule has 64 valence electrons. The summed E-state index contributed by atoms with van der Waals surface area (Å²) in [6, 6.07) is 0. The van der Waals surface area contributed by atoms with E-state index in [1.165, 1.54) is 12.8 Å². The van der Waals surface area contributed by atoms with Crippen molar-refractivity contribution in [2.24, 2.45) is 0 Å². The van der Waals surface area contributed by atoms with Crippen molar-refractivity contribution >= 4 is 0 Å². The van der Waals surface area contributed by atoms with Crippen LogP contribution >= 0.6 is 0 Å². The maximum absolute atomic E-state index is 8.41. The van der Waals surface area contributed by atoms with Gasteiger partial charge in [0.15, 0.2) is 0 Å².